The minimum absolute atomic E-state index is 0.0176. The van der Waals surface area contributed by atoms with E-state index in [1.165, 1.54) is 33.3 Å². The van der Waals surface area contributed by atoms with Crippen LogP contribution >= 0.6 is 23.2 Å². The first kappa shape index (κ1) is 24.3. The Balaban J connectivity index is 1.34. The number of piperazine rings is 1. The molecule has 178 valence electrons. The highest BCUT2D eigenvalue weighted by Crippen LogP contribution is 2.31. The van der Waals surface area contributed by atoms with Crippen LogP contribution in [0.3, 0.4) is 0 Å². The third kappa shape index (κ3) is 5.02. The van der Waals surface area contributed by atoms with E-state index in [-0.39, 0.29) is 21.7 Å². The van der Waals surface area contributed by atoms with Crippen LogP contribution in [0, 0.1) is 19.8 Å². The van der Waals surface area contributed by atoms with Gasteiger partial charge in [-0.1, -0.05) is 35.3 Å². The molecule has 4 rings (SSSR count). The average Bonchev–Trinajstić information content (AvgIpc) is 2.82. The van der Waals surface area contributed by atoms with Gasteiger partial charge in [-0.25, -0.2) is 8.42 Å². The summed E-state index contributed by atoms with van der Waals surface area (Å²) >= 11 is 12.1. The van der Waals surface area contributed by atoms with Crippen LogP contribution in [-0.2, 0) is 14.8 Å². The molecule has 0 aromatic heterocycles. The first-order valence-corrected chi connectivity index (χ1v) is 13.4. The summed E-state index contributed by atoms with van der Waals surface area (Å²) in [6, 6.07) is 10.8. The van der Waals surface area contributed by atoms with Gasteiger partial charge in [0.05, 0.1) is 5.02 Å². The van der Waals surface area contributed by atoms with Crippen LogP contribution in [0.5, 0.6) is 0 Å². The zero-order chi connectivity index (χ0) is 23.8. The van der Waals surface area contributed by atoms with Gasteiger partial charge in [-0.2, -0.15) is 4.31 Å². The summed E-state index contributed by atoms with van der Waals surface area (Å²) in [5.41, 5.74) is 3.79. The van der Waals surface area contributed by atoms with E-state index >= 15 is 0 Å². The number of sulfonamides is 1. The van der Waals surface area contributed by atoms with Crippen LogP contribution in [0.1, 0.15) is 24.0 Å². The molecule has 2 fully saturated rings. The van der Waals surface area contributed by atoms with Crippen molar-refractivity contribution in [2.45, 2.75) is 31.6 Å². The summed E-state index contributed by atoms with van der Waals surface area (Å²) in [7, 11) is -3.75. The van der Waals surface area contributed by atoms with Gasteiger partial charge in [0.25, 0.3) is 0 Å². The van der Waals surface area contributed by atoms with Crippen molar-refractivity contribution >= 4 is 44.8 Å². The number of hydrogen-bond acceptors (Lipinski definition) is 4. The van der Waals surface area contributed by atoms with E-state index in [1.807, 2.05) is 4.90 Å². The number of halogens is 2. The normalized spacial score (nSPS) is 18.5. The number of amides is 1. The highest BCUT2D eigenvalue weighted by atomic mass is 35.5. The molecule has 0 unspecified atom stereocenters. The quantitative estimate of drug-likeness (QED) is 0.614. The van der Waals surface area contributed by atoms with Crippen molar-refractivity contribution in [1.29, 1.82) is 0 Å². The number of benzene rings is 2. The summed E-state index contributed by atoms with van der Waals surface area (Å²) in [5.74, 6) is -0.0213. The molecular weight excluding hydrogens is 481 g/mol. The fourth-order valence-corrected chi connectivity index (χ4v) is 6.87. The number of nitrogens with zero attached hydrogens (tertiary/aromatic N) is 3. The van der Waals surface area contributed by atoms with Crippen molar-refractivity contribution in [3.63, 3.8) is 0 Å². The Morgan fingerprint density at radius 2 is 1.61 bits per heavy atom. The number of hydrogen-bond donors (Lipinski definition) is 0. The molecule has 2 aromatic carbocycles. The topological polar surface area (TPSA) is 60.9 Å². The second kappa shape index (κ2) is 9.82. The standard InChI is InChI=1S/C24H29Cl2N3O3S/c1-17-4-3-5-22(18(17)2)27-12-14-28(15-13-27)24(30)19-8-10-29(11-9-19)33(31,32)23-16-20(25)6-7-21(23)26/h3-7,16,19H,8-15H2,1-2H3. The molecule has 0 bridgehead atoms. The summed E-state index contributed by atoms with van der Waals surface area (Å²) in [5, 5.41) is 0.474. The molecular formula is C24H29Cl2N3O3S. The Kier molecular flexibility index (Phi) is 7.24. The molecule has 33 heavy (non-hydrogen) atoms. The Bertz CT molecular complexity index is 1140. The third-order valence-corrected chi connectivity index (χ3v) is 9.44. The second-order valence-corrected chi connectivity index (χ2v) is 11.5. The smallest absolute Gasteiger partial charge is 0.244 e. The molecule has 0 saturated carbocycles. The van der Waals surface area contributed by atoms with Crippen LogP contribution in [0.2, 0.25) is 10.0 Å². The SMILES string of the molecule is Cc1cccc(N2CCN(C(=O)C3CCN(S(=O)(=O)c4cc(Cl)ccc4Cl)CC3)CC2)c1C. The lowest BCUT2D eigenvalue weighted by atomic mass is 9.96. The van der Waals surface area contributed by atoms with Crippen LogP contribution in [0.4, 0.5) is 5.69 Å². The first-order chi connectivity index (χ1) is 15.7. The van der Waals surface area contributed by atoms with Gasteiger partial charge in [0.2, 0.25) is 15.9 Å². The Labute approximate surface area is 206 Å². The Morgan fingerprint density at radius 3 is 2.27 bits per heavy atom. The zero-order valence-electron chi connectivity index (χ0n) is 18.9. The van der Waals surface area contributed by atoms with Crippen LogP contribution in [0.25, 0.3) is 0 Å². The molecule has 0 aliphatic carbocycles. The molecule has 0 N–H and O–H groups in total. The average molecular weight is 510 g/mol. The number of rotatable bonds is 4. The van der Waals surface area contributed by atoms with Crippen molar-refractivity contribution in [3.05, 3.63) is 57.6 Å². The maximum absolute atomic E-state index is 13.1. The van der Waals surface area contributed by atoms with Gasteiger partial charge >= 0.3 is 0 Å². The molecule has 2 aliphatic rings. The lowest BCUT2D eigenvalue weighted by Crippen LogP contribution is -2.52. The van der Waals surface area contributed by atoms with Gasteiger partial charge < -0.3 is 9.80 Å². The summed E-state index contributed by atoms with van der Waals surface area (Å²) in [6.07, 6.45) is 1.01. The van der Waals surface area contributed by atoms with Gasteiger partial charge in [0.15, 0.2) is 0 Å². The molecule has 0 spiro atoms. The van der Waals surface area contributed by atoms with E-state index in [2.05, 4.69) is 36.9 Å². The Hall–Kier alpha value is -1.80. The molecule has 2 saturated heterocycles. The molecule has 6 nitrogen and oxygen atoms in total. The number of anilines is 1. The van der Waals surface area contributed by atoms with Crippen LogP contribution < -0.4 is 4.90 Å². The van der Waals surface area contributed by atoms with E-state index in [4.69, 9.17) is 23.2 Å². The van der Waals surface area contributed by atoms with Gasteiger partial charge in [0.1, 0.15) is 4.90 Å². The highest BCUT2D eigenvalue weighted by molar-refractivity contribution is 7.89. The maximum atomic E-state index is 13.1. The molecule has 0 atom stereocenters. The van der Waals surface area contributed by atoms with Crippen LogP contribution in [0.15, 0.2) is 41.3 Å². The number of carbonyl (C=O) groups excluding carboxylic acids is 1. The van der Waals surface area contributed by atoms with Gasteiger partial charge in [-0.05, 0) is 62.1 Å². The zero-order valence-corrected chi connectivity index (χ0v) is 21.3. The van der Waals surface area contributed by atoms with E-state index in [1.54, 1.807) is 6.07 Å². The number of aryl methyl sites for hydroxylation is 1. The third-order valence-electron chi connectivity index (χ3n) is 6.82. The maximum Gasteiger partial charge on any atom is 0.244 e. The van der Waals surface area contributed by atoms with Gasteiger partial charge in [0, 0.05) is 55.9 Å². The van der Waals surface area contributed by atoms with Crippen molar-refractivity contribution in [2.24, 2.45) is 5.92 Å². The van der Waals surface area contributed by atoms with E-state index < -0.39 is 10.0 Å². The highest BCUT2D eigenvalue weighted by Gasteiger charge is 2.35. The van der Waals surface area contributed by atoms with E-state index in [0.717, 1.165) is 13.1 Å². The predicted octanol–water partition coefficient (Wildman–Crippen LogP) is 4.36. The molecule has 0 radical (unpaired) electrons. The molecule has 1 amide bonds. The summed E-state index contributed by atoms with van der Waals surface area (Å²) < 4.78 is 27.5. The van der Waals surface area contributed by atoms with E-state index in [9.17, 15) is 13.2 Å². The molecule has 2 aliphatic heterocycles. The minimum Gasteiger partial charge on any atom is -0.368 e. The summed E-state index contributed by atoms with van der Waals surface area (Å²) in [6.45, 7) is 7.82. The van der Waals surface area contributed by atoms with Gasteiger partial charge in [-0.3, -0.25) is 4.79 Å². The monoisotopic (exact) mass is 509 g/mol. The largest absolute Gasteiger partial charge is 0.368 e. The fraction of sp³-hybridized carbons (Fsp3) is 0.458. The number of carbonyl (C=O) groups is 1. The molecule has 2 aromatic rings. The minimum atomic E-state index is -3.75. The van der Waals surface area contributed by atoms with Crippen molar-refractivity contribution in [1.82, 2.24) is 9.21 Å². The lowest BCUT2D eigenvalue weighted by molar-refractivity contribution is -0.137. The van der Waals surface area contributed by atoms with Crippen molar-refractivity contribution in [2.75, 3.05) is 44.2 Å². The second-order valence-electron chi connectivity index (χ2n) is 8.78. The number of piperidine rings is 1. The van der Waals surface area contributed by atoms with Crippen LogP contribution in [-0.4, -0.2) is 62.8 Å². The fourth-order valence-electron chi connectivity index (χ4n) is 4.66. The summed E-state index contributed by atoms with van der Waals surface area (Å²) in [4.78, 5) is 17.4. The predicted molar refractivity (Wildman–Crippen MR) is 133 cm³/mol. The van der Waals surface area contributed by atoms with Gasteiger partial charge in [-0.15, -0.1) is 0 Å². The first-order valence-electron chi connectivity index (χ1n) is 11.2. The molecule has 2 heterocycles. The van der Waals surface area contributed by atoms with E-state index in [0.29, 0.717) is 44.0 Å². The van der Waals surface area contributed by atoms with Crippen molar-refractivity contribution < 1.29 is 13.2 Å². The lowest BCUT2D eigenvalue weighted by Gasteiger charge is -2.39. The Morgan fingerprint density at radius 1 is 0.939 bits per heavy atom. The van der Waals surface area contributed by atoms with Crippen molar-refractivity contribution in [3.8, 4) is 0 Å². The molecule has 9 heteroatoms.